The minimum Gasteiger partial charge on any atom is -0.496 e. The number of hydrogen-bond acceptors (Lipinski definition) is 2. The Kier molecular flexibility index (Phi) is 7.27. The average Bonchev–Trinajstić information content (AvgIpc) is 2.55. The van der Waals surface area contributed by atoms with Crippen LogP contribution in [0.3, 0.4) is 0 Å². The minimum atomic E-state index is 0.906. The van der Waals surface area contributed by atoms with Crippen molar-refractivity contribution in [1.82, 2.24) is 10.2 Å². The molecule has 134 valence electrons. The van der Waals surface area contributed by atoms with Crippen LogP contribution in [0.2, 0.25) is 0 Å². The Morgan fingerprint density at radius 2 is 2.04 bits per heavy atom. The summed E-state index contributed by atoms with van der Waals surface area (Å²) in [5.74, 6) is 0.999. The summed E-state index contributed by atoms with van der Waals surface area (Å²) in [6.07, 6.45) is 0. The van der Waals surface area contributed by atoms with Crippen molar-refractivity contribution in [3.63, 3.8) is 0 Å². The predicted molar refractivity (Wildman–Crippen MR) is 102 cm³/mol. The number of aryl methyl sites for hydroxylation is 1. The standard InChI is InChI=1S/C18H30N4OS/c1-15-5-6-17(23-4)16(13-15)14-21-9-11-22(12-10-21)18(24)19-7-8-20(2)3/h5-6,13H,7-12,14H2,1-4H3,(H,19,24)/p+2. The quantitative estimate of drug-likeness (QED) is 0.558. The Labute approximate surface area is 151 Å². The molecule has 0 unspecified atom stereocenters. The van der Waals surface area contributed by atoms with Gasteiger partial charge in [-0.2, -0.15) is 0 Å². The van der Waals surface area contributed by atoms with Gasteiger partial charge in [0.1, 0.15) is 12.3 Å². The second-order valence-electron chi connectivity index (χ2n) is 6.92. The zero-order valence-corrected chi connectivity index (χ0v) is 16.3. The van der Waals surface area contributed by atoms with Crippen LogP contribution >= 0.6 is 12.2 Å². The predicted octanol–water partition coefficient (Wildman–Crippen LogP) is -1.28. The smallest absolute Gasteiger partial charge is 0.169 e. The van der Waals surface area contributed by atoms with Gasteiger partial charge in [-0.15, -0.1) is 0 Å². The molecule has 0 bridgehead atoms. The van der Waals surface area contributed by atoms with Crippen LogP contribution in [0.25, 0.3) is 0 Å². The molecule has 3 N–H and O–H groups in total. The molecule has 0 aliphatic carbocycles. The molecule has 2 rings (SSSR count). The number of rotatable bonds is 6. The number of thiocarbonyl (C=S) groups is 1. The van der Waals surface area contributed by atoms with Crippen LogP contribution < -0.4 is 19.9 Å². The van der Waals surface area contributed by atoms with Crippen molar-refractivity contribution in [2.75, 3.05) is 60.5 Å². The lowest BCUT2D eigenvalue weighted by atomic mass is 10.1. The van der Waals surface area contributed by atoms with E-state index < -0.39 is 0 Å². The Bertz CT molecular complexity index is 542. The molecule has 0 radical (unpaired) electrons. The van der Waals surface area contributed by atoms with Gasteiger partial charge in [0, 0.05) is 5.56 Å². The summed E-state index contributed by atoms with van der Waals surface area (Å²) in [6, 6.07) is 6.43. The Morgan fingerprint density at radius 1 is 1.33 bits per heavy atom. The third kappa shape index (κ3) is 5.61. The highest BCUT2D eigenvalue weighted by atomic mass is 32.1. The number of nitrogens with zero attached hydrogens (tertiary/aromatic N) is 1. The van der Waals surface area contributed by atoms with Crippen LogP contribution in [-0.2, 0) is 6.54 Å². The summed E-state index contributed by atoms with van der Waals surface area (Å²) in [4.78, 5) is 5.33. The minimum absolute atomic E-state index is 0.906. The summed E-state index contributed by atoms with van der Waals surface area (Å²) in [5, 5.41) is 4.29. The lowest BCUT2D eigenvalue weighted by molar-refractivity contribution is -0.917. The normalized spacial score (nSPS) is 15.6. The second-order valence-corrected chi connectivity index (χ2v) is 7.30. The number of quaternary nitrogens is 2. The van der Waals surface area contributed by atoms with Crippen molar-refractivity contribution in [3.05, 3.63) is 29.3 Å². The van der Waals surface area contributed by atoms with Gasteiger partial charge in [0.2, 0.25) is 0 Å². The van der Waals surface area contributed by atoms with Gasteiger partial charge in [0.15, 0.2) is 5.11 Å². The zero-order chi connectivity index (χ0) is 17.5. The van der Waals surface area contributed by atoms with Gasteiger partial charge >= 0.3 is 0 Å². The fourth-order valence-corrected chi connectivity index (χ4v) is 3.33. The van der Waals surface area contributed by atoms with Crippen molar-refractivity contribution < 1.29 is 14.5 Å². The van der Waals surface area contributed by atoms with Crippen molar-refractivity contribution in [2.45, 2.75) is 13.5 Å². The maximum Gasteiger partial charge on any atom is 0.169 e. The number of hydrogen-bond donors (Lipinski definition) is 3. The molecule has 1 saturated heterocycles. The van der Waals surface area contributed by atoms with E-state index in [4.69, 9.17) is 17.0 Å². The largest absolute Gasteiger partial charge is 0.496 e. The molecule has 0 amide bonds. The van der Waals surface area contributed by atoms with Crippen LogP contribution in [0.5, 0.6) is 5.75 Å². The molecule has 1 aliphatic heterocycles. The van der Waals surface area contributed by atoms with Crippen LogP contribution in [0.1, 0.15) is 11.1 Å². The lowest BCUT2D eigenvalue weighted by Gasteiger charge is -2.34. The van der Waals surface area contributed by atoms with Gasteiger partial charge in [0.05, 0.1) is 60.5 Å². The summed E-state index contributed by atoms with van der Waals surface area (Å²) in [6.45, 7) is 9.43. The molecule has 0 spiro atoms. The van der Waals surface area contributed by atoms with E-state index in [9.17, 15) is 0 Å². The Morgan fingerprint density at radius 3 is 2.67 bits per heavy atom. The highest BCUT2D eigenvalue weighted by Gasteiger charge is 2.22. The molecule has 1 aliphatic rings. The average molecular weight is 353 g/mol. The lowest BCUT2D eigenvalue weighted by Crippen LogP contribution is -3.13. The summed E-state index contributed by atoms with van der Waals surface area (Å²) < 4.78 is 5.51. The van der Waals surface area contributed by atoms with Gasteiger partial charge in [0.25, 0.3) is 0 Å². The topological polar surface area (TPSA) is 33.4 Å². The van der Waals surface area contributed by atoms with E-state index in [1.807, 2.05) is 0 Å². The molecule has 1 aromatic carbocycles. The monoisotopic (exact) mass is 352 g/mol. The van der Waals surface area contributed by atoms with Crippen LogP contribution in [-0.4, -0.2) is 70.5 Å². The van der Waals surface area contributed by atoms with Crippen LogP contribution in [0.4, 0.5) is 0 Å². The molecule has 0 atom stereocenters. The highest BCUT2D eigenvalue weighted by Crippen LogP contribution is 2.18. The molecule has 0 aromatic heterocycles. The molecule has 6 heteroatoms. The number of likely N-dealkylation sites (N-methyl/N-ethyl adjacent to an activating group) is 1. The van der Waals surface area contributed by atoms with Gasteiger partial charge in [-0.25, -0.2) is 0 Å². The first-order valence-electron chi connectivity index (χ1n) is 8.78. The molecule has 5 nitrogen and oxygen atoms in total. The van der Waals surface area contributed by atoms with Gasteiger partial charge in [-0.3, -0.25) is 0 Å². The second kappa shape index (κ2) is 9.20. The summed E-state index contributed by atoms with van der Waals surface area (Å²) in [5.41, 5.74) is 2.59. The fourth-order valence-electron chi connectivity index (χ4n) is 3.05. The zero-order valence-electron chi connectivity index (χ0n) is 15.4. The third-order valence-corrected chi connectivity index (χ3v) is 4.94. The molecule has 1 aromatic rings. The Hall–Kier alpha value is -1.37. The first-order chi connectivity index (χ1) is 11.5. The van der Waals surface area contributed by atoms with Crippen LogP contribution in [0.15, 0.2) is 18.2 Å². The number of methoxy groups -OCH3 is 1. The maximum atomic E-state index is 5.53. The first kappa shape index (κ1) is 19.0. The summed E-state index contributed by atoms with van der Waals surface area (Å²) >= 11 is 5.53. The Balaban J connectivity index is 1.80. The van der Waals surface area contributed by atoms with Gasteiger partial charge in [-0.05, 0) is 31.3 Å². The van der Waals surface area contributed by atoms with E-state index in [0.717, 1.165) is 56.7 Å². The number of piperazine rings is 1. The van der Waals surface area contributed by atoms with Crippen molar-refractivity contribution in [3.8, 4) is 5.75 Å². The van der Waals surface area contributed by atoms with E-state index in [0.29, 0.717) is 0 Å². The molecular weight excluding hydrogens is 320 g/mol. The van der Waals surface area contributed by atoms with E-state index >= 15 is 0 Å². The summed E-state index contributed by atoms with van der Waals surface area (Å²) in [7, 11) is 6.07. The van der Waals surface area contributed by atoms with Crippen molar-refractivity contribution in [1.29, 1.82) is 0 Å². The highest BCUT2D eigenvalue weighted by molar-refractivity contribution is 7.80. The van der Waals surface area contributed by atoms with E-state index in [1.165, 1.54) is 16.0 Å². The third-order valence-electron chi connectivity index (χ3n) is 4.54. The van der Waals surface area contributed by atoms with Crippen molar-refractivity contribution in [2.24, 2.45) is 0 Å². The SMILES string of the molecule is COc1ccc(C)cc1C[NH+]1CCN(C(=S)NCC[NH+](C)C)CC1. The number of nitrogens with one attached hydrogen (secondary N) is 3. The molecule has 1 fully saturated rings. The fraction of sp³-hybridized carbons (Fsp3) is 0.611. The number of benzene rings is 1. The molecule has 1 heterocycles. The van der Waals surface area contributed by atoms with E-state index in [-0.39, 0.29) is 0 Å². The van der Waals surface area contributed by atoms with Crippen LogP contribution in [0, 0.1) is 6.92 Å². The maximum absolute atomic E-state index is 5.53. The van der Waals surface area contributed by atoms with E-state index in [1.54, 1.807) is 12.0 Å². The molecular formula is C18H32N4OS+2. The number of ether oxygens (including phenoxy) is 1. The van der Waals surface area contributed by atoms with E-state index in [2.05, 4.69) is 49.4 Å². The van der Waals surface area contributed by atoms with Gasteiger partial charge < -0.3 is 24.8 Å². The first-order valence-corrected chi connectivity index (χ1v) is 9.19. The molecule has 0 saturated carbocycles. The van der Waals surface area contributed by atoms with Crippen molar-refractivity contribution >= 4 is 17.3 Å². The van der Waals surface area contributed by atoms with Gasteiger partial charge in [-0.1, -0.05) is 11.6 Å². The molecule has 24 heavy (non-hydrogen) atoms.